The van der Waals surface area contributed by atoms with Gasteiger partial charge >= 0.3 is 0 Å². The van der Waals surface area contributed by atoms with Gasteiger partial charge in [-0.2, -0.15) is 0 Å². The van der Waals surface area contributed by atoms with Gasteiger partial charge in [0.05, 0.1) is 11.5 Å². The number of nitrogens with one attached hydrogen (secondary N) is 1. The molecule has 0 saturated heterocycles. The van der Waals surface area contributed by atoms with Crippen LogP contribution in [0.5, 0.6) is 0 Å². The number of benzene rings is 1. The van der Waals surface area contributed by atoms with Crippen molar-refractivity contribution in [3.8, 4) is 0 Å². The van der Waals surface area contributed by atoms with E-state index >= 15 is 0 Å². The molecule has 2 amide bonds. The number of nitrogens with two attached hydrogens (primary N) is 1. The molecule has 140 valence electrons. The SMILES string of the molecule is Cc1cc(NC(=O)CSCC(=O)N(CCN)CCc2ccccc2)no1. The minimum Gasteiger partial charge on any atom is -0.360 e. The van der Waals surface area contributed by atoms with Gasteiger partial charge < -0.3 is 20.5 Å². The van der Waals surface area contributed by atoms with Gasteiger partial charge in [-0.1, -0.05) is 35.5 Å². The van der Waals surface area contributed by atoms with E-state index in [1.165, 1.54) is 17.3 Å². The van der Waals surface area contributed by atoms with Crippen LogP contribution in [0.1, 0.15) is 11.3 Å². The normalized spacial score (nSPS) is 10.5. The average molecular weight is 376 g/mol. The van der Waals surface area contributed by atoms with Gasteiger partial charge in [0.15, 0.2) is 5.82 Å². The van der Waals surface area contributed by atoms with Gasteiger partial charge in [0.25, 0.3) is 0 Å². The van der Waals surface area contributed by atoms with Gasteiger partial charge in [0.1, 0.15) is 5.76 Å². The fraction of sp³-hybridized carbons (Fsp3) is 0.389. The second kappa shape index (κ2) is 10.6. The number of rotatable bonds is 10. The van der Waals surface area contributed by atoms with Crippen LogP contribution in [0, 0.1) is 6.92 Å². The third-order valence-corrected chi connectivity index (χ3v) is 4.54. The van der Waals surface area contributed by atoms with E-state index < -0.39 is 0 Å². The molecule has 0 spiro atoms. The third kappa shape index (κ3) is 6.89. The van der Waals surface area contributed by atoms with E-state index in [4.69, 9.17) is 10.3 Å². The average Bonchev–Trinajstić information content (AvgIpc) is 3.04. The monoisotopic (exact) mass is 376 g/mol. The molecule has 0 aliphatic heterocycles. The van der Waals surface area contributed by atoms with Gasteiger partial charge in [0.2, 0.25) is 11.8 Å². The molecule has 0 bridgehead atoms. The summed E-state index contributed by atoms with van der Waals surface area (Å²) < 4.78 is 4.89. The summed E-state index contributed by atoms with van der Waals surface area (Å²) in [7, 11) is 0. The molecule has 2 rings (SSSR count). The van der Waals surface area contributed by atoms with Crippen molar-refractivity contribution in [2.24, 2.45) is 5.73 Å². The number of amides is 2. The van der Waals surface area contributed by atoms with Crippen molar-refractivity contribution in [2.75, 3.05) is 36.5 Å². The number of aromatic nitrogens is 1. The molecular weight excluding hydrogens is 352 g/mol. The minimum absolute atomic E-state index is 0.0125. The van der Waals surface area contributed by atoms with Crippen LogP contribution in [0.4, 0.5) is 5.82 Å². The molecule has 0 atom stereocenters. The van der Waals surface area contributed by atoms with Crippen LogP contribution >= 0.6 is 11.8 Å². The van der Waals surface area contributed by atoms with Crippen molar-refractivity contribution in [3.05, 3.63) is 47.7 Å². The predicted molar refractivity (Wildman–Crippen MR) is 103 cm³/mol. The van der Waals surface area contributed by atoms with E-state index in [1.807, 2.05) is 30.3 Å². The number of hydrogen-bond donors (Lipinski definition) is 2. The van der Waals surface area contributed by atoms with Crippen LogP contribution in [0.25, 0.3) is 0 Å². The predicted octanol–water partition coefficient (Wildman–Crippen LogP) is 1.68. The Labute approximate surface area is 157 Å². The standard InChI is InChI=1S/C18H24N4O3S/c1-14-11-16(21-25-14)20-17(23)12-26-13-18(24)22(10-8-19)9-7-15-5-3-2-4-6-15/h2-6,11H,7-10,12-13,19H2,1H3,(H,20,21,23). The summed E-state index contributed by atoms with van der Waals surface area (Å²) in [6.07, 6.45) is 0.781. The number of carbonyl (C=O) groups is 2. The molecule has 0 fully saturated rings. The van der Waals surface area contributed by atoms with Crippen LogP contribution < -0.4 is 11.1 Å². The molecule has 1 aromatic carbocycles. The number of aryl methyl sites for hydroxylation is 1. The molecule has 1 heterocycles. The minimum atomic E-state index is -0.217. The smallest absolute Gasteiger partial charge is 0.235 e. The molecule has 26 heavy (non-hydrogen) atoms. The number of carbonyl (C=O) groups excluding carboxylic acids is 2. The second-order valence-corrected chi connectivity index (χ2v) is 6.75. The molecule has 8 heteroatoms. The molecule has 0 aliphatic rings. The number of hydrogen-bond acceptors (Lipinski definition) is 6. The molecule has 0 saturated carbocycles. The fourth-order valence-electron chi connectivity index (χ4n) is 2.35. The Hall–Kier alpha value is -2.32. The van der Waals surface area contributed by atoms with Crippen molar-refractivity contribution in [1.29, 1.82) is 0 Å². The summed E-state index contributed by atoms with van der Waals surface area (Å²) in [5.74, 6) is 1.19. The van der Waals surface area contributed by atoms with Crippen LogP contribution in [0.2, 0.25) is 0 Å². The Morgan fingerprint density at radius 1 is 1.23 bits per heavy atom. The maximum Gasteiger partial charge on any atom is 0.235 e. The van der Waals surface area contributed by atoms with E-state index in [0.29, 0.717) is 31.2 Å². The highest BCUT2D eigenvalue weighted by atomic mass is 32.2. The quantitative estimate of drug-likeness (QED) is 0.654. The van der Waals surface area contributed by atoms with Gasteiger partial charge in [-0.25, -0.2) is 0 Å². The first-order valence-electron chi connectivity index (χ1n) is 8.41. The highest BCUT2D eigenvalue weighted by Crippen LogP contribution is 2.09. The van der Waals surface area contributed by atoms with Crippen LogP contribution in [-0.4, -0.2) is 53.0 Å². The fourth-order valence-corrected chi connectivity index (χ4v) is 3.07. The summed E-state index contributed by atoms with van der Waals surface area (Å²) in [6.45, 7) is 3.29. The van der Waals surface area contributed by atoms with Gasteiger partial charge in [0, 0.05) is 25.7 Å². The summed E-state index contributed by atoms with van der Waals surface area (Å²) in [4.78, 5) is 26.0. The van der Waals surface area contributed by atoms with Crippen LogP contribution in [0.15, 0.2) is 40.9 Å². The van der Waals surface area contributed by atoms with Crippen molar-refractivity contribution in [3.63, 3.8) is 0 Å². The van der Waals surface area contributed by atoms with Crippen LogP contribution in [0.3, 0.4) is 0 Å². The molecule has 3 N–H and O–H groups in total. The Bertz CT molecular complexity index is 705. The number of nitrogens with zero attached hydrogens (tertiary/aromatic N) is 2. The van der Waals surface area contributed by atoms with Crippen LogP contribution in [-0.2, 0) is 16.0 Å². The first-order valence-corrected chi connectivity index (χ1v) is 9.56. The lowest BCUT2D eigenvalue weighted by atomic mass is 10.1. The molecule has 0 radical (unpaired) electrons. The Morgan fingerprint density at radius 2 is 2.00 bits per heavy atom. The lowest BCUT2D eigenvalue weighted by molar-refractivity contribution is -0.128. The topological polar surface area (TPSA) is 101 Å². The molecule has 2 aromatic rings. The van der Waals surface area contributed by atoms with Crippen molar-refractivity contribution in [2.45, 2.75) is 13.3 Å². The zero-order valence-electron chi connectivity index (χ0n) is 14.8. The lowest BCUT2D eigenvalue weighted by Crippen LogP contribution is -2.38. The maximum absolute atomic E-state index is 12.4. The van der Waals surface area contributed by atoms with Crippen molar-refractivity contribution < 1.29 is 14.1 Å². The van der Waals surface area contributed by atoms with E-state index in [1.54, 1.807) is 17.9 Å². The summed E-state index contributed by atoms with van der Waals surface area (Å²) in [5.41, 5.74) is 6.80. The molecule has 1 aromatic heterocycles. The van der Waals surface area contributed by atoms with Gasteiger partial charge in [-0.3, -0.25) is 9.59 Å². The Balaban J connectivity index is 1.73. The van der Waals surface area contributed by atoms with E-state index in [9.17, 15) is 9.59 Å². The lowest BCUT2D eigenvalue weighted by Gasteiger charge is -2.22. The van der Waals surface area contributed by atoms with E-state index in [2.05, 4.69) is 10.5 Å². The van der Waals surface area contributed by atoms with Gasteiger partial charge in [-0.15, -0.1) is 11.8 Å². The van der Waals surface area contributed by atoms with E-state index in [0.717, 1.165) is 6.42 Å². The van der Waals surface area contributed by atoms with E-state index in [-0.39, 0.29) is 23.3 Å². The Morgan fingerprint density at radius 3 is 2.65 bits per heavy atom. The second-order valence-electron chi connectivity index (χ2n) is 5.77. The molecule has 0 aliphatic carbocycles. The highest BCUT2D eigenvalue weighted by molar-refractivity contribution is 8.00. The Kier molecular flexibility index (Phi) is 8.17. The van der Waals surface area contributed by atoms with Gasteiger partial charge in [-0.05, 0) is 18.9 Å². The summed E-state index contributed by atoms with van der Waals surface area (Å²) in [6, 6.07) is 11.6. The van der Waals surface area contributed by atoms with Crippen molar-refractivity contribution in [1.82, 2.24) is 10.1 Å². The van der Waals surface area contributed by atoms with Crippen molar-refractivity contribution >= 4 is 29.4 Å². The summed E-state index contributed by atoms with van der Waals surface area (Å²) >= 11 is 1.27. The number of anilines is 1. The first-order chi connectivity index (χ1) is 12.6. The molecular formula is C18H24N4O3S. The highest BCUT2D eigenvalue weighted by Gasteiger charge is 2.14. The largest absolute Gasteiger partial charge is 0.360 e. The maximum atomic E-state index is 12.4. The zero-order valence-corrected chi connectivity index (χ0v) is 15.6. The zero-order chi connectivity index (χ0) is 18.8. The molecule has 0 unspecified atom stereocenters. The molecule has 7 nitrogen and oxygen atoms in total. The first kappa shape index (κ1) is 20.0. The third-order valence-electron chi connectivity index (χ3n) is 3.62. The summed E-state index contributed by atoms with van der Waals surface area (Å²) in [5, 5.41) is 6.33. The number of thioether (sulfide) groups is 1.